The molecule has 2 aromatic carbocycles. The molecule has 1 amide bonds. The summed E-state index contributed by atoms with van der Waals surface area (Å²) in [5, 5.41) is 12.0. The second-order valence-corrected chi connectivity index (χ2v) is 7.27. The molecular weight excluding hydrogens is 375 g/mol. The van der Waals surface area contributed by atoms with Crippen molar-refractivity contribution in [3.8, 4) is 17.1 Å². The summed E-state index contributed by atoms with van der Waals surface area (Å²) in [7, 11) is 0. The van der Waals surface area contributed by atoms with Gasteiger partial charge in [0.25, 0.3) is 0 Å². The molecule has 3 rings (SSSR count). The highest BCUT2D eigenvalue weighted by molar-refractivity contribution is 7.99. The van der Waals surface area contributed by atoms with Gasteiger partial charge in [0.1, 0.15) is 5.82 Å². The van der Waals surface area contributed by atoms with Crippen LogP contribution in [0.1, 0.15) is 26.7 Å². The van der Waals surface area contributed by atoms with Crippen LogP contribution in [0.5, 0.6) is 0 Å². The highest BCUT2D eigenvalue weighted by atomic mass is 32.2. The maximum absolute atomic E-state index is 14.4. The number of nitrogens with one attached hydrogen (secondary N) is 1. The van der Waals surface area contributed by atoms with Crippen LogP contribution in [0.15, 0.2) is 59.8 Å². The lowest BCUT2D eigenvalue weighted by molar-refractivity contribution is -0.119. The van der Waals surface area contributed by atoms with Crippen LogP contribution in [0.3, 0.4) is 0 Å². The number of carbonyl (C=O) groups excluding carboxylic acids is 1. The first-order valence-electron chi connectivity index (χ1n) is 9.31. The number of rotatable bonds is 8. The summed E-state index contributed by atoms with van der Waals surface area (Å²) < 4.78 is 16.1. The predicted molar refractivity (Wildman–Crippen MR) is 110 cm³/mol. The van der Waals surface area contributed by atoms with Gasteiger partial charge in [0, 0.05) is 11.7 Å². The van der Waals surface area contributed by atoms with Gasteiger partial charge in [-0.15, -0.1) is 10.2 Å². The van der Waals surface area contributed by atoms with E-state index in [-0.39, 0.29) is 23.5 Å². The van der Waals surface area contributed by atoms with E-state index in [9.17, 15) is 9.18 Å². The standard InChI is InChI=1S/C21H23FN4OS/c1-3-15(4-2)23-19(27)14-28-21-25-24-20(17-12-8-9-13-18(17)22)26(21)16-10-6-5-7-11-16/h5-13,15H,3-4,14H2,1-2H3,(H,23,27). The molecule has 0 spiro atoms. The number of benzene rings is 2. The van der Waals surface area contributed by atoms with Crippen LogP contribution in [-0.2, 0) is 4.79 Å². The molecule has 0 saturated carbocycles. The number of amides is 1. The quantitative estimate of drug-likeness (QED) is 0.569. The summed E-state index contributed by atoms with van der Waals surface area (Å²) in [6, 6.07) is 16.2. The monoisotopic (exact) mass is 398 g/mol. The van der Waals surface area contributed by atoms with Crippen molar-refractivity contribution in [2.45, 2.75) is 37.9 Å². The summed E-state index contributed by atoms with van der Waals surface area (Å²) in [6.07, 6.45) is 1.79. The molecule has 0 radical (unpaired) electrons. The maximum atomic E-state index is 14.4. The Morgan fingerprint density at radius 3 is 2.43 bits per heavy atom. The smallest absolute Gasteiger partial charge is 0.230 e. The van der Waals surface area contributed by atoms with Crippen molar-refractivity contribution in [1.29, 1.82) is 0 Å². The Morgan fingerprint density at radius 2 is 1.75 bits per heavy atom. The van der Waals surface area contributed by atoms with Crippen LogP contribution in [0.25, 0.3) is 17.1 Å². The first kappa shape index (κ1) is 20.1. The van der Waals surface area contributed by atoms with E-state index in [1.807, 2.05) is 44.2 Å². The van der Waals surface area contributed by atoms with E-state index >= 15 is 0 Å². The number of nitrogens with zero attached hydrogens (tertiary/aromatic N) is 3. The van der Waals surface area contributed by atoms with E-state index in [0.717, 1.165) is 18.5 Å². The summed E-state index contributed by atoms with van der Waals surface area (Å²) in [5.74, 6) is 0.217. The van der Waals surface area contributed by atoms with Crippen LogP contribution in [-0.4, -0.2) is 32.5 Å². The van der Waals surface area contributed by atoms with Gasteiger partial charge >= 0.3 is 0 Å². The third kappa shape index (κ3) is 4.59. The van der Waals surface area contributed by atoms with Crippen molar-refractivity contribution in [2.24, 2.45) is 0 Å². The van der Waals surface area contributed by atoms with Gasteiger partial charge in [-0.25, -0.2) is 4.39 Å². The average molecular weight is 399 g/mol. The van der Waals surface area contributed by atoms with Crippen LogP contribution in [0, 0.1) is 5.82 Å². The number of para-hydroxylation sites is 1. The number of hydrogen-bond donors (Lipinski definition) is 1. The van der Waals surface area contributed by atoms with Gasteiger partial charge in [-0.3, -0.25) is 9.36 Å². The molecule has 1 N–H and O–H groups in total. The Hall–Kier alpha value is -2.67. The van der Waals surface area contributed by atoms with Crippen LogP contribution < -0.4 is 5.32 Å². The summed E-state index contributed by atoms with van der Waals surface area (Å²) in [6.45, 7) is 4.10. The molecule has 0 fully saturated rings. The lowest BCUT2D eigenvalue weighted by atomic mass is 10.2. The zero-order chi connectivity index (χ0) is 19.9. The molecule has 1 aromatic heterocycles. The van der Waals surface area contributed by atoms with Crippen LogP contribution >= 0.6 is 11.8 Å². The average Bonchev–Trinajstić information content (AvgIpc) is 3.15. The van der Waals surface area contributed by atoms with Gasteiger partial charge < -0.3 is 5.32 Å². The van der Waals surface area contributed by atoms with Gasteiger partial charge in [0.15, 0.2) is 11.0 Å². The normalized spacial score (nSPS) is 11.0. The number of hydrogen-bond acceptors (Lipinski definition) is 4. The van der Waals surface area contributed by atoms with Gasteiger partial charge in [-0.1, -0.05) is 55.9 Å². The molecule has 0 aliphatic carbocycles. The first-order chi connectivity index (χ1) is 13.6. The third-order valence-corrected chi connectivity index (χ3v) is 5.37. The SMILES string of the molecule is CCC(CC)NC(=O)CSc1nnc(-c2ccccc2F)n1-c1ccccc1. The van der Waals surface area contributed by atoms with Gasteiger partial charge in [0.05, 0.1) is 11.3 Å². The van der Waals surface area contributed by atoms with Gasteiger partial charge in [-0.2, -0.15) is 0 Å². The third-order valence-electron chi connectivity index (χ3n) is 4.45. The Labute approximate surface area is 168 Å². The highest BCUT2D eigenvalue weighted by Gasteiger charge is 2.19. The van der Waals surface area contributed by atoms with E-state index in [1.165, 1.54) is 17.8 Å². The fourth-order valence-electron chi connectivity index (χ4n) is 2.88. The van der Waals surface area contributed by atoms with Crippen molar-refractivity contribution in [2.75, 3.05) is 5.75 Å². The van der Waals surface area contributed by atoms with E-state index in [4.69, 9.17) is 0 Å². The van der Waals surface area contributed by atoms with E-state index in [2.05, 4.69) is 15.5 Å². The molecule has 28 heavy (non-hydrogen) atoms. The van der Waals surface area contributed by atoms with Gasteiger partial charge in [0.2, 0.25) is 5.91 Å². The Morgan fingerprint density at radius 1 is 1.07 bits per heavy atom. The maximum Gasteiger partial charge on any atom is 0.230 e. The van der Waals surface area contributed by atoms with Crippen molar-refractivity contribution in [3.05, 3.63) is 60.4 Å². The molecule has 3 aromatic rings. The van der Waals surface area contributed by atoms with E-state index < -0.39 is 0 Å². The molecule has 7 heteroatoms. The molecule has 0 aliphatic heterocycles. The number of halogens is 1. The van der Waals surface area contributed by atoms with E-state index in [1.54, 1.807) is 22.8 Å². The topological polar surface area (TPSA) is 59.8 Å². The zero-order valence-electron chi connectivity index (χ0n) is 15.9. The van der Waals surface area contributed by atoms with Crippen LogP contribution in [0.4, 0.5) is 4.39 Å². The minimum atomic E-state index is -0.366. The summed E-state index contributed by atoms with van der Waals surface area (Å²) >= 11 is 1.29. The lowest BCUT2D eigenvalue weighted by Gasteiger charge is -2.14. The van der Waals surface area contributed by atoms with E-state index in [0.29, 0.717) is 16.5 Å². The first-order valence-corrected chi connectivity index (χ1v) is 10.3. The molecule has 0 unspecified atom stereocenters. The minimum absolute atomic E-state index is 0.0475. The molecule has 0 saturated heterocycles. The van der Waals surface area contributed by atoms with Crippen molar-refractivity contribution >= 4 is 17.7 Å². The Balaban J connectivity index is 1.90. The second kappa shape index (κ2) is 9.50. The summed E-state index contributed by atoms with van der Waals surface area (Å²) in [4.78, 5) is 12.3. The Kier molecular flexibility index (Phi) is 6.81. The van der Waals surface area contributed by atoms with Gasteiger partial charge in [-0.05, 0) is 37.1 Å². The predicted octanol–water partition coefficient (Wildman–Crippen LogP) is 4.47. The minimum Gasteiger partial charge on any atom is -0.353 e. The highest BCUT2D eigenvalue weighted by Crippen LogP contribution is 2.29. The zero-order valence-corrected chi connectivity index (χ0v) is 16.7. The number of thioether (sulfide) groups is 1. The largest absolute Gasteiger partial charge is 0.353 e. The van der Waals surface area contributed by atoms with Crippen molar-refractivity contribution in [3.63, 3.8) is 0 Å². The number of aromatic nitrogens is 3. The molecular formula is C21H23FN4OS. The molecule has 1 heterocycles. The molecule has 0 atom stereocenters. The fourth-order valence-corrected chi connectivity index (χ4v) is 3.65. The molecule has 5 nitrogen and oxygen atoms in total. The fraction of sp³-hybridized carbons (Fsp3) is 0.286. The second-order valence-electron chi connectivity index (χ2n) is 6.33. The van der Waals surface area contributed by atoms with Crippen LogP contribution in [0.2, 0.25) is 0 Å². The number of carbonyl (C=O) groups is 1. The molecule has 146 valence electrons. The summed E-state index contributed by atoms with van der Waals surface area (Å²) in [5.41, 5.74) is 1.18. The molecule has 0 aliphatic rings. The van der Waals surface area contributed by atoms with Crippen molar-refractivity contribution < 1.29 is 9.18 Å². The lowest BCUT2D eigenvalue weighted by Crippen LogP contribution is -2.35. The Bertz CT molecular complexity index is 925. The molecule has 0 bridgehead atoms. The van der Waals surface area contributed by atoms with Crippen molar-refractivity contribution in [1.82, 2.24) is 20.1 Å².